The van der Waals surface area contributed by atoms with Crippen LogP contribution in [-0.2, 0) is 6.42 Å². The maximum atomic E-state index is 5.35. The predicted molar refractivity (Wildman–Crippen MR) is 117 cm³/mol. The normalized spacial score (nSPS) is 12.4. The molecular formula is C19H34IN3O2. The highest BCUT2D eigenvalue weighted by molar-refractivity contribution is 14.0. The van der Waals surface area contributed by atoms with Crippen molar-refractivity contribution < 1.29 is 9.47 Å². The van der Waals surface area contributed by atoms with Crippen molar-refractivity contribution in [3.05, 3.63) is 23.8 Å². The van der Waals surface area contributed by atoms with E-state index < -0.39 is 0 Å². The van der Waals surface area contributed by atoms with Gasteiger partial charge in [-0.3, -0.25) is 4.99 Å². The van der Waals surface area contributed by atoms with Gasteiger partial charge < -0.3 is 20.1 Å². The summed E-state index contributed by atoms with van der Waals surface area (Å²) in [5, 5.41) is 6.75. The summed E-state index contributed by atoms with van der Waals surface area (Å²) < 4.78 is 10.6. The van der Waals surface area contributed by atoms with Crippen LogP contribution in [-0.4, -0.2) is 39.3 Å². The van der Waals surface area contributed by atoms with Gasteiger partial charge >= 0.3 is 0 Å². The lowest BCUT2D eigenvalue weighted by Gasteiger charge is -2.20. The molecule has 1 atom stereocenters. The lowest BCUT2D eigenvalue weighted by molar-refractivity contribution is 0.354. The minimum atomic E-state index is 0. The standard InChI is InChI=1S/C19H33N3O2.HI/c1-7-20-19(22-15(4)14(2)3)21-12-8-9-16-10-11-17(23-5)18(13-16)24-6;/h10-11,13-15H,7-9,12H2,1-6H3,(H2,20,21,22);1H. The molecule has 144 valence electrons. The Kier molecular flexibility index (Phi) is 12.5. The van der Waals surface area contributed by atoms with Gasteiger partial charge in [-0.1, -0.05) is 19.9 Å². The maximum Gasteiger partial charge on any atom is 0.191 e. The van der Waals surface area contributed by atoms with Gasteiger partial charge in [0.1, 0.15) is 0 Å². The van der Waals surface area contributed by atoms with Gasteiger partial charge in [-0.05, 0) is 50.3 Å². The SMILES string of the molecule is CCNC(=NCCCc1ccc(OC)c(OC)c1)NC(C)C(C)C.I. The highest BCUT2D eigenvalue weighted by Gasteiger charge is 2.08. The number of halogens is 1. The molecule has 2 N–H and O–H groups in total. The van der Waals surface area contributed by atoms with Gasteiger partial charge in [0.05, 0.1) is 14.2 Å². The summed E-state index contributed by atoms with van der Waals surface area (Å²) in [6.07, 6.45) is 1.95. The topological polar surface area (TPSA) is 54.9 Å². The summed E-state index contributed by atoms with van der Waals surface area (Å²) in [4.78, 5) is 4.67. The van der Waals surface area contributed by atoms with Crippen molar-refractivity contribution in [2.45, 2.75) is 46.6 Å². The van der Waals surface area contributed by atoms with Crippen molar-refractivity contribution in [3.8, 4) is 11.5 Å². The third kappa shape index (κ3) is 8.65. The second-order valence-electron chi connectivity index (χ2n) is 6.23. The average Bonchev–Trinajstić information content (AvgIpc) is 2.58. The largest absolute Gasteiger partial charge is 0.493 e. The van der Waals surface area contributed by atoms with Crippen LogP contribution in [0.3, 0.4) is 0 Å². The van der Waals surface area contributed by atoms with Gasteiger partial charge in [0, 0.05) is 19.1 Å². The van der Waals surface area contributed by atoms with Gasteiger partial charge in [-0.25, -0.2) is 0 Å². The molecule has 25 heavy (non-hydrogen) atoms. The third-order valence-corrected chi connectivity index (χ3v) is 4.05. The summed E-state index contributed by atoms with van der Waals surface area (Å²) in [7, 11) is 3.32. The molecule has 0 heterocycles. The quantitative estimate of drug-likeness (QED) is 0.253. The summed E-state index contributed by atoms with van der Waals surface area (Å²) in [6.45, 7) is 10.3. The molecule has 5 nitrogen and oxygen atoms in total. The second kappa shape index (κ2) is 13.1. The Labute approximate surface area is 170 Å². The molecule has 0 aliphatic heterocycles. The number of nitrogens with one attached hydrogen (secondary N) is 2. The van der Waals surface area contributed by atoms with Crippen molar-refractivity contribution in [3.63, 3.8) is 0 Å². The van der Waals surface area contributed by atoms with E-state index in [9.17, 15) is 0 Å². The van der Waals surface area contributed by atoms with E-state index in [1.54, 1.807) is 14.2 Å². The van der Waals surface area contributed by atoms with E-state index in [0.717, 1.165) is 43.4 Å². The number of aryl methyl sites for hydroxylation is 1. The zero-order chi connectivity index (χ0) is 17.9. The lowest BCUT2D eigenvalue weighted by atomic mass is 10.1. The Bertz CT molecular complexity index is 521. The van der Waals surface area contributed by atoms with Crippen molar-refractivity contribution in [1.82, 2.24) is 10.6 Å². The maximum absolute atomic E-state index is 5.35. The Hall–Kier alpha value is -1.18. The van der Waals surface area contributed by atoms with Gasteiger partial charge in [0.2, 0.25) is 0 Å². The highest BCUT2D eigenvalue weighted by atomic mass is 127. The first-order valence-electron chi connectivity index (χ1n) is 8.77. The third-order valence-electron chi connectivity index (χ3n) is 4.05. The summed E-state index contributed by atoms with van der Waals surface area (Å²) in [5.74, 6) is 3.01. The Morgan fingerprint density at radius 1 is 1.12 bits per heavy atom. The first-order valence-corrected chi connectivity index (χ1v) is 8.77. The first-order chi connectivity index (χ1) is 11.5. The number of benzene rings is 1. The molecule has 0 saturated heterocycles. The van der Waals surface area contributed by atoms with E-state index in [-0.39, 0.29) is 24.0 Å². The van der Waals surface area contributed by atoms with E-state index in [4.69, 9.17) is 9.47 Å². The molecule has 0 saturated carbocycles. The molecule has 0 fully saturated rings. The molecule has 0 aliphatic rings. The molecule has 0 aliphatic carbocycles. The predicted octanol–water partition coefficient (Wildman–Crippen LogP) is 3.85. The smallest absolute Gasteiger partial charge is 0.191 e. The fourth-order valence-corrected chi connectivity index (χ4v) is 2.21. The second-order valence-corrected chi connectivity index (χ2v) is 6.23. The van der Waals surface area contributed by atoms with E-state index in [2.05, 4.69) is 49.4 Å². The summed E-state index contributed by atoms with van der Waals surface area (Å²) in [5.41, 5.74) is 1.23. The van der Waals surface area contributed by atoms with Crippen LogP contribution < -0.4 is 20.1 Å². The first kappa shape index (κ1) is 23.8. The van der Waals surface area contributed by atoms with Crippen molar-refractivity contribution in [1.29, 1.82) is 0 Å². The van der Waals surface area contributed by atoms with Crippen LogP contribution in [0.15, 0.2) is 23.2 Å². The van der Waals surface area contributed by atoms with Gasteiger partial charge in [-0.2, -0.15) is 0 Å². The van der Waals surface area contributed by atoms with Crippen LogP contribution >= 0.6 is 24.0 Å². The number of rotatable bonds is 9. The zero-order valence-corrected chi connectivity index (χ0v) is 18.7. The monoisotopic (exact) mass is 463 g/mol. The lowest BCUT2D eigenvalue weighted by Crippen LogP contribution is -2.44. The van der Waals surface area contributed by atoms with Crippen molar-refractivity contribution >= 4 is 29.9 Å². The molecule has 1 rings (SSSR count). The molecule has 0 aromatic heterocycles. The van der Waals surface area contributed by atoms with E-state index in [1.165, 1.54) is 5.56 Å². The molecule has 6 heteroatoms. The Morgan fingerprint density at radius 3 is 2.36 bits per heavy atom. The van der Waals surface area contributed by atoms with Crippen LogP contribution in [0.25, 0.3) is 0 Å². The molecule has 1 aromatic carbocycles. The molecular weight excluding hydrogens is 429 g/mol. The minimum absolute atomic E-state index is 0. The Balaban J connectivity index is 0.00000576. The Morgan fingerprint density at radius 2 is 1.80 bits per heavy atom. The van der Waals surface area contributed by atoms with Crippen molar-refractivity contribution in [2.75, 3.05) is 27.3 Å². The van der Waals surface area contributed by atoms with E-state index in [1.807, 2.05) is 12.1 Å². The number of hydrogen-bond acceptors (Lipinski definition) is 3. The highest BCUT2D eigenvalue weighted by Crippen LogP contribution is 2.27. The number of methoxy groups -OCH3 is 2. The zero-order valence-electron chi connectivity index (χ0n) is 16.4. The molecule has 0 amide bonds. The van der Waals surface area contributed by atoms with Gasteiger partial charge in [0.15, 0.2) is 17.5 Å². The number of nitrogens with zero attached hydrogens (tertiary/aromatic N) is 1. The fourth-order valence-electron chi connectivity index (χ4n) is 2.21. The fraction of sp³-hybridized carbons (Fsp3) is 0.632. The van der Waals surface area contributed by atoms with Crippen LogP contribution in [0.5, 0.6) is 11.5 Å². The summed E-state index contributed by atoms with van der Waals surface area (Å²) in [6, 6.07) is 6.46. The number of hydrogen-bond donors (Lipinski definition) is 2. The molecule has 0 bridgehead atoms. The van der Waals surface area contributed by atoms with Crippen LogP contribution in [0.2, 0.25) is 0 Å². The van der Waals surface area contributed by atoms with Gasteiger partial charge in [-0.15, -0.1) is 24.0 Å². The molecule has 0 spiro atoms. The molecule has 1 aromatic rings. The molecule has 1 unspecified atom stereocenters. The van der Waals surface area contributed by atoms with E-state index >= 15 is 0 Å². The van der Waals surface area contributed by atoms with E-state index in [0.29, 0.717) is 12.0 Å². The minimum Gasteiger partial charge on any atom is -0.493 e. The van der Waals surface area contributed by atoms with Crippen LogP contribution in [0, 0.1) is 5.92 Å². The molecule has 0 radical (unpaired) electrons. The number of ether oxygens (including phenoxy) is 2. The number of aliphatic imine (C=N–C) groups is 1. The van der Waals surface area contributed by atoms with Crippen molar-refractivity contribution in [2.24, 2.45) is 10.9 Å². The van der Waals surface area contributed by atoms with Crippen LogP contribution in [0.1, 0.15) is 39.7 Å². The average molecular weight is 463 g/mol. The van der Waals surface area contributed by atoms with Gasteiger partial charge in [0.25, 0.3) is 0 Å². The van der Waals surface area contributed by atoms with Crippen LogP contribution in [0.4, 0.5) is 0 Å². The summed E-state index contributed by atoms with van der Waals surface area (Å²) >= 11 is 0. The number of guanidine groups is 1.